The van der Waals surface area contributed by atoms with Crippen LogP contribution in [0.25, 0.3) is 4.83 Å². The number of anilines is 1. The monoisotopic (exact) mass is 274 g/mol. The van der Waals surface area contributed by atoms with E-state index in [9.17, 15) is 8.42 Å². The van der Waals surface area contributed by atoms with Gasteiger partial charge in [-0.3, -0.25) is 9.12 Å². The first-order valence-electron chi connectivity index (χ1n) is 4.96. The third kappa shape index (κ3) is 2.03. The highest BCUT2D eigenvalue weighted by Gasteiger charge is 2.18. The molecule has 2 rings (SSSR count). The van der Waals surface area contributed by atoms with Crippen LogP contribution in [-0.4, -0.2) is 36.2 Å². The Labute approximate surface area is 104 Å². The zero-order valence-corrected chi connectivity index (χ0v) is 11.7. The molecule has 2 aromatic heterocycles. The van der Waals surface area contributed by atoms with Crippen LogP contribution in [0.4, 0.5) is 5.00 Å². The Kier molecular flexibility index (Phi) is 2.88. The Bertz CT molecular complexity index is 654. The molecule has 0 radical (unpaired) electrons. The van der Waals surface area contributed by atoms with Crippen LogP contribution in [0, 0.1) is 13.8 Å². The van der Waals surface area contributed by atoms with E-state index in [4.69, 9.17) is 0 Å². The standard InChI is InChI=1S/C9H14N4O2S2/c1-6-9(11-17(14,15)12(3)4)16-8-5-10-7(2)13(6)8/h5,11H,1-4H3. The summed E-state index contributed by atoms with van der Waals surface area (Å²) < 4.78 is 29.1. The van der Waals surface area contributed by atoms with Crippen LogP contribution in [0.1, 0.15) is 11.5 Å². The summed E-state index contributed by atoms with van der Waals surface area (Å²) in [4.78, 5) is 5.10. The lowest BCUT2D eigenvalue weighted by Gasteiger charge is -2.12. The van der Waals surface area contributed by atoms with Crippen LogP contribution in [0.3, 0.4) is 0 Å². The number of rotatable bonds is 3. The number of thiazole rings is 1. The van der Waals surface area contributed by atoms with E-state index in [1.807, 2.05) is 18.2 Å². The summed E-state index contributed by atoms with van der Waals surface area (Å²) >= 11 is 1.37. The van der Waals surface area contributed by atoms with Crippen molar-refractivity contribution in [2.45, 2.75) is 13.8 Å². The number of nitrogens with one attached hydrogen (secondary N) is 1. The number of hydrogen-bond donors (Lipinski definition) is 1. The molecule has 0 fully saturated rings. The highest BCUT2D eigenvalue weighted by molar-refractivity contribution is 7.90. The van der Waals surface area contributed by atoms with Gasteiger partial charge in [-0.25, -0.2) is 4.98 Å². The van der Waals surface area contributed by atoms with Crippen LogP contribution in [0.2, 0.25) is 0 Å². The predicted molar refractivity (Wildman–Crippen MR) is 68.8 cm³/mol. The summed E-state index contributed by atoms with van der Waals surface area (Å²) in [6, 6.07) is 0. The fourth-order valence-corrected chi connectivity index (χ4v) is 3.45. The molecule has 0 unspecified atom stereocenters. The molecule has 2 heterocycles. The second kappa shape index (κ2) is 3.97. The van der Waals surface area contributed by atoms with Crippen molar-refractivity contribution in [3.63, 3.8) is 0 Å². The summed E-state index contributed by atoms with van der Waals surface area (Å²) in [5.74, 6) is 0.851. The van der Waals surface area contributed by atoms with Gasteiger partial charge < -0.3 is 0 Å². The summed E-state index contributed by atoms with van der Waals surface area (Å²) in [7, 11) is -0.470. The van der Waals surface area contributed by atoms with Gasteiger partial charge in [0, 0.05) is 14.1 Å². The van der Waals surface area contributed by atoms with Gasteiger partial charge in [0.25, 0.3) is 0 Å². The molecule has 0 amide bonds. The Hall–Kier alpha value is -1.12. The van der Waals surface area contributed by atoms with Crippen molar-refractivity contribution in [1.29, 1.82) is 0 Å². The largest absolute Gasteiger partial charge is 0.301 e. The van der Waals surface area contributed by atoms with Gasteiger partial charge in [-0.1, -0.05) is 11.3 Å². The van der Waals surface area contributed by atoms with Gasteiger partial charge in [0.1, 0.15) is 15.7 Å². The second-order valence-corrected chi connectivity index (χ2v) is 6.80. The number of hydrogen-bond acceptors (Lipinski definition) is 4. The molecule has 1 N–H and O–H groups in total. The maximum Gasteiger partial charge on any atom is 0.301 e. The first kappa shape index (κ1) is 12.3. The molecule has 0 aliphatic rings. The summed E-state index contributed by atoms with van der Waals surface area (Å²) in [6.45, 7) is 3.75. The smallest absolute Gasteiger partial charge is 0.290 e. The molecular weight excluding hydrogens is 260 g/mol. The second-order valence-electron chi connectivity index (χ2n) is 3.89. The average Bonchev–Trinajstić information content (AvgIpc) is 2.70. The fourth-order valence-electron chi connectivity index (χ4n) is 1.49. The number of aryl methyl sites for hydroxylation is 2. The Balaban J connectivity index is 2.48. The minimum Gasteiger partial charge on any atom is -0.290 e. The maximum absolute atomic E-state index is 11.7. The van der Waals surface area contributed by atoms with E-state index in [2.05, 4.69) is 9.71 Å². The normalized spacial score (nSPS) is 12.5. The van der Waals surface area contributed by atoms with Crippen molar-refractivity contribution >= 4 is 31.4 Å². The minimum atomic E-state index is -3.45. The molecule has 94 valence electrons. The van der Waals surface area contributed by atoms with Gasteiger partial charge >= 0.3 is 10.2 Å². The third-order valence-corrected chi connectivity index (χ3v) is 5.13. The first-order valence-corrected chi connectivity index (χ1v) is 7.22. The lowest BCUT2D eigenvalue weighted by atomic mass is 10.5. The van der Waals surface area contributed by atoms with Gasteiger partial charge in [-0.2, -0.15) is 12.7 Å². The van der Waals surface area contributed by atoms with Crippen molar-refractivity contribution < 1.29 is 8.42 Å². The van der Waals surface area contributed by atoms with Gasteiger partial charge in [-0.15, -0.1) is 0 Å². The zero-order chi connectivity index (χ0) is 12.8. The van der Waals surface area contributed by atoms with Gasteiger partial charge in [0.2, 0.25) is 0 Å². The van der Waals surface area contributed by atoms with Crippen LogP contribution in [0.5, 0.6) is 0 Å². The lowest BCUT2D eigenvalue weighted by Crippen LogP contribution is -2.28. The Morgan fingerprint density at radius 2 is 2.06 bits per heavy atom. The summed E-state index contributed by atoms with van der Waals surface area (Å²) in [5.41, 5.74) is 0.852. The minimum absolute atomic E-state index is 0.624. The quantitative estimate of drug-likeness (QED) is 0.915. The third-order valence-electron chi connectivity index (χ3n) is 2.48. The molecule has 0 atom stereocenters. The highest BCUT2D eigenvalue weighted by atomic mass is 32.2. The van der Waals surface area contributed by atoms with E-state index < -0.39 is 10.2 Å². The molecule has 6 nitrogen and oxygen atoms in total. The molecule has 0 aliphatic carbocycles. The summed E-state index contributed by atoms with van der Waals surface area (Å²) in [5, 5.41) is 0.624. The molecule has 0 bridgehead atoms. The van der Waals surface area contributed by atoms with Crippen molar-refractivity contribution in [2.24, 2.45) is 0 Å². The molecule has 17 heavy (non-hydrogen) atoms. The molecule has 0 aliphatic heterocycles. The molecular formula is C9H14N4O2S2. The van der Waals surface area contributed by atoms with E-state index in [1.54, 1.807) is 6.20 Å². The molecule has 8 heteroatoms. The van der Waals surface area contributed by atoms with Crippen molar-refractivity contribution in [2.75, 3.05) is 18.8 Å². The van der Waals surface area contributed by atoms with Crippen LogP contribution in [0.15, 0.2) is 6.20 Å². The highest BCUT2D eigenvalue weighted by Crippen LogP contribution is 2.30. The van der Waals surface area contributed by atoms with Crippen molar-refractivity contribution in [3.8, 4) is 0 Å². The van der Waals surface area contributed by atoms with Crippen molar-refractivity contribution in [1.82, 2.24) is 13.7 Å². The van der Waals surface area contributed by atoms with Gasteiger partial charge in [-0.05, 0) is 13.8 Å². The van der Waals surface area contributed by atoms with Gasteiger partial charge in [0.05, 0.1) is 11.9 Å². The van der Waals surface area contributed by atoms with Crippen LogP contribution < -0.4 is 4.72 Å². The SMILES string of the molecule is Cc1ncc2sc(NS(=O)(=O)N(C)C)c(C)n12. The van der Waals surface area contributed by atoms with E-state index >= 15 is 0 Å². The number of imidazole rings is 1. The van der Waals surface area contributed by atoms with E-state index in [1.165, 1.54) is 25.4 Å². The van der Waals surface area contributed by atoms with Crippen LogP contribution >= 0.6 is 11.3 Å². The average molecular weight is 274 g/mol. The zero-order valence-electron chi connectivity index (χ0n) is 10.1. The van der Waals surface area contributed by atoms with Crippen molar-refractivity contribution in [3.05, 3.63) is 17.7 Å². The number of fused-ring (bicyclic) bond motifs is 1. The lowest BCUT2D eigenvalue weighted by molar-refractivity contribution is 0.527. The molecule has 0 saturated carbocycles. The molecule has 0 spiro atoms. The van der Waals surface area contributed by atoms with Gasteiger partial charge in [0.15, 0.2) is 0 Å². The van der Waals surface area contributed by atoms with E-state index in [0.29, 0.717) is 5.00 Å². The fraction of sp³-hybridized carbons (Fsp3) is 0.444. The predicted octanol–water partition coefficient (Wildman–Crippen LogP) is 1.23. The Morgan fingerprint density at radius 1 is 1.41 bits per heavy atom. The first-order chi connectivity index (χ1) is 7.83. The molecule has 0 aromatic carbocycles. The number of nitrogens with zero attached hydrogens (tertiary/aromatic N) is 3. The maximum atomic E-state index is 11.7. The van der Waals surface area contributed by atoms with Crippen LogP contribution in [-0.2, 0) is 10.2 Å². The number of aromatic nitrogens is 2. The van der Waals surface area contributed by atoms with E-state index in [-0.39, 0.29) is 0 Å². The molecule has 2 aromatic rings. The van der Waals surface area contributed by atoms with E-state index in [0.717, 1.165) is 20.7 Å². The summed E-state index contributed by atoms with van der Waals surface area (Å²) in [6.07, 6.45) is 1.74. The molecule has 0 saturated heterocycles. The topological polar surface area (TPSA) is 66.7 Å². The Morgan fingerprint density at radius 3 is 2.59 bits per heavy atom.